The van der Waals surface area contributed by atoms with Crippen LogP contribution in [0.2, 0.25) is 5.02 Å². The number of hydrogen-bond donors (Lipinski definition) is 2. The van der Waals surface area contributed by atoms with Gasteiger partial charge >= 0.3 is 0 Å². The summed E-state index contributed by atoms with van der Waals surface area (Å²) >= 11 is 6.07. The maximum absolute atomic E-state index is 6.07. The second kappa shape index (κ2) is 3.79. The highest BCUT2D eigenvalue weighted by atomic mass is 35.5. The van der Waals surface area contributed by atoms with E-state index in [1.807, 2.05) is 24.3 Å². The topological polar surface area (TPSA) is 64.9 Å². The van der Waals surface area contributed by atoms with Crippen molar-refractivity contribution in [3.63, 3.8) is 0 Å². The van der Waals surface area contributed by atoms with Gasteiger partial charge in [0.1, 0.15) is 5.82 Å². The quantitative estimate of drug-likeness (QED) is 0.775. The first-order valence-electron chi connectivity index (χ1n) is 4.45. The molecule has 1 heterocycles. The lowest BCUT2D eigenvalue weighted by molar-refractivity contribution is 1.34. The number of halogens is 1. The summed E-state index contributed by atoms with van der Waals surface area (Å²) in [5, 5.41) is 0.648. The minimum Gasteiger partial charge on any atom is -0.395 e. The zero-order chi connectivity index (χ0) is 10.8. The molecule has 0 saturated carbocycles. The van der Waals surface area contributed by atoms with Crippen LogP contribution >= 0.6 is 11.6 Å². The van der Waals surface area contributed by atoms with E-state index in [1.54, 1.807) is 12.3 Å². The van der Waals surface area contributed by atoms with Crippen LogP contribution in [0.1, 0.15) is 0 Å². The molecule has 0 radical (unpaired) electrons. The monoisotopic (exact) mass is 219 g/mol. The molecule has 0 aliphatic carbocycles. The molecule has 0 spiro atoms. The van der Waals surface area contributed by atoms with E-state index in [-0.39, 0.29) is 0 Å². The minimum absolute atomic E-state index is 0.326. The lowest BCUT2D eigenvalue weighted by atomic mass is 10.1. The maximum atomic E-state index is 6.07. The van der Waals surface area contributed by atoms with Gasteiger partial charge in [-0.05, 0) is 12.1 Å². The molecule has 2 aromatic rings. The predicted octanol–water partition coefficient (Wildman–Crippen LogP) is 2.57. The van der Waals surface area contributed by atoms with E-state index in [0.717, 1.165) is 11.1 Å². The number of nitrogens with two attached hydrogens (primary N) is 2. The van der Waals surface area contributed by atoms with Crippen molar-refractivity contribution < 1.29 is 0 Å². The van der Waals surface area contributed by atoms with Gasteiger partial charge in [-0.2, -0.15) is 0 Å². The Labute approximate surface area is 92.7 Å². The number of rotatable bonds is 1. The Bertz CT molecular complexity index is 497. The predicted molar refractivity (Wildman–Crippen MR) is 63.5 cm³/mol. The van der Waals surface area contributed by atoms with Gasteiger partial charge in [0.15, 0.2) is 0 Å². The third-order valence-corrected chi connectivity index (χ3v) is 2.51. The smallest absolute Gasteiger partial charge is 0.147 e. The van der Waals surface area contributed by atoms with E-state index in [4.69, 9.17) is 23.1 Å². The van der Waals surface area contributed by atoms with Gasteiger partial charge in [-0.15, -0.1) is 0 Å². The van der Waals surface area contributed by atoms with Crippen molar-refractivity contribution in [2.45, 2.75) is 0 Å². The van der Waals surface area contributed by atoms with Gasteiger partial charge in [0, 0.05) is 22.3 Å². The fraction of sp³-hybridized carbons (Fsp3) is 0. The van der Waals surface area contributed by atoms with Gasteiger partial charge in [-0.25, -0.2) is 4.98 Å². The van der Waals surface area contributed by atoms with Crippen molar-refractivity contribution in [2.75, 3.05) is 11.5 Å². The third kappa shape index (κ3) is 1.74. The first kappa shape index (κ1) is 9.80. The Hall–Kier alpha value is -1.74. The van der Waals surface area contributed by atoms with Crippen LogP contribution in [0.5, 0.6) is 0 Å². The van der Waals surface area contributed by atoms with Gasteiger partial charge < -0.3 is 11.5 Å². The number of pyridine rings is 1. The molecule has 4 N–H and O–H groups in total. The summed E-state index contributed by atoms with van der Waals surface area (Å²) in [5.74, 6) is 0.326. The molecule has 0 unspecified atom stereocenters. The van der Waals surface area contributed by atoms with Crippen LogP contribution < -0.4 is 11.5 Å². The molecule has 0 saturated heterocycles. The molecule has 0 aliphatic rings. The summed E-state index contributed by atoms with van der Waals surface area (Å²) in [6.45, 7) is 0. The molecular formula is C11H10ClN3. The van der Waals surface area contributed by atoms with Crippen molar-refractivity contribution in [1.82, 2.24) is 4.98 Å². The van der Waals surface area contributed by atoms with Gasteiger partial charge in [-0.1, -0.05) is 29.8 Å². The highest BCUT2D eigenvalue weighted by Crippen LogP contribution is 2.33. The molecule has 3 nitrogen and oxygen atoms in total. The van der Waals surface area contributed by atoms with E-state index in [0.29, 0.717) is 16.5 Å². The van der Waals surface area contributed by atoms with Crippen LogP contribution in [0.15, 0.2) is 36.5 Å². The van der Waals surface area contributed by atoms with E-state index in [9.17, 15) is 0 Å². The summed E-state index contributed by atoms with van der Waals surface area (Å²) in [6, 6.07) is 9.27. The molecule has 1 aromatic carbocycles. The normalized spacial score (nSPS) is 10.2. The van der Waals surface area contributed by atoms with Crippen LogP contribution in [0.3, 0.4) is 0 Å². The van der Waals surface area contributed by atoms with Gasteiger partial charge in [0.25, 0.3) is 0 Å². The summed E-state index contributed by atoms with van der Waals surface area (Å²) in [7, 11) is 0. The van der Waals surface area contributed by atoms with Crippen molar-refractivity contribution in [1.29, 1.82) is 0 Å². The van der Waals surface area contributed by atoms with Gasteiger partial charge in [0.2, 0.25) is 0 Å². The molecule has 2 rings (SSSR count). The molecule has 1 aromatic heterocycles. The Balaban J connectivity index is 2.65. The first-order chi connectivity index (χ1) is 7.20. The van der Waals surface area contributed by atoms with Crippen LogP contribution in [0.4, 0.5) is 11.5 Å². The van der Waals surface area contributed by atoms with Crippen molar-refractivity contribution in [2.24, 2.45) is 0 Å². The average Bonchev–Trinajstić information content (AvgIpc) is 2.23. The van der Waals surface area contributed by atoms with Crippen molar-refractivity contribution in [3.05, 3.63) is 41.6 Å². The summed E-state index contributed by atoms with van der Waals surface area (Å²) in [4.78, 5) is 3.90. The minimum atomic E-state index is 0.326. The lowest BCUT2D eigenvalue weighted by Gasteiger charge is -2.08. The number of aromatic nitrogens is 1. The zero-order valence-electron chi connectivity index (χ0n) is 7.94. The van der Waals surface area contributed by atoms with E-state index < -0.39 is 0 Å². The molecule has 0 aliphatic heterocycles. The lowest BCUT2D eigenvalue weighted by Crippen LogP contribution is -1.99. The van der Waals surface area contributed by atoms with Crippen molar-refractivity contribution >= 4 is 23.1 Å². The third-order valence-electron chi connectivity index (χ3n) is 2.18. The van der Waals surface area contributed by atoms with E-state index in [1.165, 1.54) is 0 Å². The molecule has 4 heteroatoms. The van der Waals surface area contributed by atoms with Crippen molar-refractivity contribution in [3.8, 4) is 11.1 Å². The molecule has 0 amide bonds. The molecular weight excluding hydrogens is 210 g/mol. The maximum Gasteiger partial charge on any atom is 0.147 e. The fourth-order valence-corrected chi connectivity index (χ4v) is 1.64. The summed E-state index contributed by atoms with van der Waals surface area (Å²) in [6.07, 6.45) is 1.62. The Morgan fingerprint density at radius 2 is 1.73 bits per heavy atom. The first-order valence-corrected chi connectivity index (χ1v) is 4.83. The molecule has 0 fully saturated rings. The SMILES string of the molecule is Nc1nccc(-c2ccccc2Cl)c1N. The number of benzene rings is 1. The van der Waals surface area contributed by atoms with Crippen LogP contribution in [0, 0.1) is 0 Å². The molecule has 0 atom stereocenters. The molecule has 76 valence electrons. The Morgan fingerprint density at radius 1 is 1.00 bits per heavy atom. The molecule has 0 bridgehead atoms. The van der Waals surface area contributed by atoms with E-state index >= 15 is 0 Å². The number of nitrogen functional groups attached to an aromatic ring is 2. The van der Waals surface area contributed by atoms with Crippen LogP contribution in [-0.4, -0.2) is 4.98 Å². The fourth-order valence-electron chi connectivity index (χ4n) is 1.40. The number of nitrogens with zero attached hydrogens (tertiary/aromatic N) is 1. The number of hydrogen-bond acceptors (Lipinski definition) is 3. The van der Waals surface area contributed by atoms with Gasteiger partial charge in [-0.3, -0.25) is 0 Å². The number of anilines is 2. The summed E-state index contributed by atoms with van der Waals surface area (Å²) in [5.41, 5.74) is 13.6. The highest BCUT2D eigenvalue weighted by molar-refractivity contribution is 6.33. The van der Waals surface area contributed by atoms with Gasteiger partial charge in [0.05, 0.1) is 5.69 Å². The average molecular weight is 220 g/mol. The van der Waals surface area contributed by atoms with Crippen LogP contribution in [0.25, 0.3) is 11.1 Å². The van der Waals surface area contributed by atoms with Crippen LogP contribution in [-0.2, 0) is 0 Å². The largest absolute Gasteiger partial charge is 0.395 e. The molecule has 15 heavy (non-hydrogen) atoms. The Morgan fingerprint density at radius 3 is 2.47 bits per heavy atom. The second-order valence-electron chi connectivity index (χ2n) is 3.14. The Kier molecular flexibility index (Phi) is 2.47. The zero-order valence-corrected chi connectivity index (χ0v) is 8.70. The summed E-state index contributed by atoms with van der Waals surface area (Å²) < 4.78 is 0. The standard InChI is InChI=1S/C11H10ClN3/c12-9-4-2-1-3-7(9)8-5-6-15-11(14)10(8)13/h1-6H,13H2,(H2,14,15). The highest BCUT2D eigenvalue weighted by Gasteiger charge is 2.08. The second-order valence-corrected chi connectivity index (χ2v) is 3.54. The van der Waals surface area contributed by atoms with E-state index in [2.05, 4.69) is 4.98 Å².